The standard InChI is InChI=1S/C14H20Br2N2O2S/c1-2-18-7-5-11(6-8-18)10-17-21(19,20)14-4-3-12(15)9-13(14)16/h3-4,9,11,17H,2,5-8,10H2,1H3. The molecular weight excluding hydrogens is 420 g/mol. The van der Waals surface area contributed by atoms with Gasteiger partial charge >= 0.3 is 0 Å². The van der Waals surface area contributed by atoms with Gasteiger partial charge in [-0.25, -0.2) is 13.1 Å². The fourth-order valence-electron chi connectivity index (χ4n) is 2.51. The molecule has 118 valence electrons. The summed E-state index contributed by atoms with van der Waals surface area (Å²) in [5.41, 5.74) is 0. The Balaban J connectivity index is 1.96. The molecule has 7 heteroatoms. The highest BCUT2D eigenvalue weighted by Gasteiger charge is 2.22. The van der Waals surface area contributed by atoms with Crippen molar-refractivity contribution in [2.45, 2.75) is 24.7 Å². The first-order valence-corrected chi connectivity index (χ1v) is 10.2. The number of halogens is 2. The molecule has 1 aliphatic heterocycles. The second-order valence-electron chi connectivity index (χ2n) is 5.30. The first-order chi connectivity index (χ1) is 9.92. The van der Waals surface area contributed by atoms with Gasteiger partial charge in [0.05, 0.1) is 4.90 Å². The maximum Gasteiger partial charge on any atom is 0.241 e. The largest absolute Gasteiger partial charge is 0.304 e. The lowest BCUT2D eigenvalue weighted by Gasteiger charge is -2.31. The van der Waals surface area contributed by atoms with E-state index in [1.54, 1.807) is 18.2 Å². The van der Waals surface area contributed by atoms with E-state index in [1.807, 2.05) is 0 Å². The van der Waals surface area contributed by atoms with Gasteiger partial charge in [0, 0.05) is 15.5 Å². The number of hydrogen-bond donors (Lipinski definition) is 1. The second-order valence-corrected chi connectivity index (χ2v) is 8.81. The van der Waals surface area contributed by atoms with E-state index in [9.17, 15) is 8.42 Å². The molecular formula is C14H20Br2N2O2S. The summed E-state index contributed by atoms with van der Waals surface area (Å²) >= 11 is 6.64. The van der Waals surface area contributed by atoms with E-state index in [-0.39, 0.29) is 4.90 Å². The molecule has 0 saturated carbocycles. The Hall–Kier alpha value is 0.0500. The van der Waals surface area contributed by atoms with Crippen molar-refractivity contribution in [2.24, 2.45) is 5.92 Å². The van der Waals surface area contributed by atoms with Gasteiger partial charge in [-0.2, -0.15) is 0 Å². The van der Waals surface area contributed by atoms with Gasteiger partial charge in [0.1, 0.15) is 0 Å². The molecule has 0 radical (unpaired) electrons. The van der Waals surface area contributed by atoms with Crippen LogP contribution in [0.1, 0.15) is 19.8 Å². The van der Waals surface area contributed by atoms with E-state index >= 15 is 0 Å². The van der Waals surface area contributed by atoms with Gasteiger partial charge in [-0.05, 0) is 72.5 Å². The first kappa shape index (κ1) is 17.4. The van der Waals surface area contributed by atoms with Crippen LogP contribution in [0.4, 0.5) is 0 Å². The molecule has 0 amide bonds. The minimum atomic E-state index is -3.46. The Morgan fingerprint density at radius 3 is 2.52 bits per heavy atom. The van der Waals surface area contributed by atoms with Gasteiger partial charge in [0.15, 0.2) is 0 Å². The molecule has 0 bridgehead atoms. The Morgan fingerprint density at radius 2 is 1.95 bits per heavy atom. The van der Waals surface area contributed by atoms with Crippen LogP contribution in [0.2, 0.25) is 0 Å². The average Bonchev–Trinajstić information content (AvgIpc) is 2.45. The number of nitrogens with zero attached hydrogens (tertiary/aromatic N) is 1. The number of sulfonamides is 1. The fraction of sp³-hybridized carbons (Fsp3) is 0.571. The SMILES string of the molecule is CCN1CCC(CNS(=O)(=O)c2ccc(Br)cc2Br)CC1. The van der Waals surface area contributed by atoms with Crippen LogP contribution < -0.4 is 4.72 Å². The molecule has 1 aromatic rings. The summed E-state index contributed by atoms with van der Waals surface area (Å²) in [4.78, 5) is 2.69. The Labute approximate surface area is 143 Å². The number of likely N-dealkylation sites (tertiary alicyclic amines) is 1. The third kappa shape index (κ3) is 4.76. The van der Waals surface area contributed by atoms with E-state index in [0.717, 1.165) is 36.9 Å². The van der Waals surface area contributed by atoms with Crippen LogP contribution in [0.15, 0.2) is 32.0 Å². The molecule has 21 heavy (non-hydrogen) atoms. The van der Waals surface area contributed by atoms with E-state index in [0.29, 0.717) is 16.9 Å². The highest BCUT2D eigenvalue weighted by molar-refractivity contribution is 9.11. The molecule has 1 N–H and O–H groups in total. The minimum Gasteiger partial charge on any atom is -0.304 e. The predicted octanol–water partition coefficient (Wildman–Crippen LogP) is 3.22. The maximum atomic E-state index is 12.4. The van der Waals surface area contributed by atoms with Crippen molar-refractivity contribution in [2.75, 3.05) is 26.2 Å². The summed E-state index contributed by atoms with van der Waals surface area (Å²) in [6.07, 6.45) is 2.11. The zero-order valence-electron chi connectivity index (χ0n) is 12.0. The highest BCUT2D eigenvalue weighted by Crippen LogP contribution is 2.26. The Bertz CT molecular complexity index is 585. The first-order valence-electron chi connectivity index (χ1n) is 7.09. The molecule has 1 saturated heterocycles. The van der Waals surface area contributed by atoms with Crippen molar-refractivity contribution in [3.05, 3.63) is 27.1 Å². The number of benzene rings is 1. The molecule has 1 fully saturated rings. The number of hydrogen-bond acceptors (Lipinski definition) is 3. The maximum absolute atomic E-state index is 12.4. The monoisotopic (exact) mass is 438 g/mol. The molecule has 0 aliphatic carbocycles. The summed E-state index contributed by atoms with van der Waals surface area (Å²) < 4.78 is 28.9. The van der Waals surface area contributed by atoms with Crippen LogP contribution in [-0.2, 0) is 10.0 Å². The minimum absolute atomic E-state index is 0.289. The van der Waals surface area contributed by atoms with Crippen molar-refractivity contribution in [3.63, 3.8) is 0 Å². The van der Waals surface area contributed by atoms with Gasteiger partial charge in [0.2, 0.25) is 10.0 Å². The second kappa shape index (κ2) is 7.55. The molecule has 0 unspecified atom stereocenters. The molecule has 1 heterocycles. The van der Waals surface area contributed by atoms with Gasteiger partial charge < -0.3 is 4.90 Å². The lowest BCUT2D eigenvalue weighted by molar-refractivity contribution is 0.194. The molecule has 0 aromatic heterocycles. The normalized spacial score (nSPS) is 18.0. The van der Waals surface area contributed by atoms with Gasteiger partial charge in [-0.1, -0.05) is 22.9 Å². The van der Waals surface area contributed by atoms with Crippen molar-refractivity contribution >= 4 is 41.9 Å². The summed E-state index contributed by atoms with van der Waals surface area (Å²) in [5, 5.41) is 0. The lowest BCUT2D eigenvalue weighted by atomic mass is 9.97. The average molecular weight is 440 g/mol. The van der Waals surface area contributed by atoms with Crippen LogP contribution in [0.5, 0.6) is 0 Å². The Morgan fingerprint density at radius 1 is 1.29 bits per heavy atom. The number of rotatable bonds is 5. The zero-order valence-corrected chi connectivity index (χ0v) is 16.0. The van der Waals surface area contributed by atoms with E-state index < -0.39 is 10.0 Å². The third-order valence-corrected chi connectivity index (χ3v) is 6.79. The summed E-state index contributed by atoms with van der Waals surface area (Å²) in [6, 6.07) is 5.09. The van der Waals surface area contributed by atoms with Crippen LogP contribution in [-0.4, -0.2) is 39.5 Å². The highest BCUT2D eigenvalue weighted by atomic mass is 79.9. The molecule has 0 atom stereocenters. The van der Waals surface area contributed by atoms with E-state index in [1.165, 1.54) is 0 Å². The predicted molar refractivity (Wildman–Crippen MR) is 91.9 cm³/mol. The van der Waals surface area contributed by atoms with Gasteiger partial charge in [0.25, 0.3) is 0 Å². The van der Waals surface area contributed by atoms with Crippen LogP contribution in [0.3, 0.4) is 0 Å². The smallest absolute Gasteiger partial charge is 0.241 e. The summed E-state index contributed by atoms with van der Waals surface area (Å²) in [6.45, 7) is 5.87. The van der Waals surface area contributed by atoms with E-state index in [4.69, 9.17) is 0 Å². The zero-order chi connectivity index (χ0) is 15.5. The van der Waals surface area contributed by atoms with E-state index in [2.05, 4.69) is 48.4 Å². The lowest BCUT2D eigenvalue weighted by Crippen LogP contribution is -2.38. The number of piperidine rings is 1. The molecule has 4 nitrogen and oxygen atoms in total. The third-order valence-electron chi connectivity index (χ3n) is 3.90. The van der Waals surface area contributed by atoms with Crippen LogP contribution >= 0.6 is 31.9 Å². The van der Waals surface area contributed by atoms with Crippen LogP contribution in [0.25, 0.3) is 0 Å². The molecule has 1 aliphatic rings. The topological polar surface area (TPSA) is 49.4 Å². The molecule has 2 rings (SSSR count). The number of nitrogens with one attached hydrogen (secondary N) is 1. The van der Waals surface area contributed by atoms with Gasteiger partial charge in [-0.3, -0.25) is 0 Å². The Kier molecular flexibility index (Phi) is 6.25. The van der Waals surface area contributed by atoms with Crippen molar-refractivity contribution in [3.8, 4) is 0 Å². The quantitative estimate of drug-likeness (QED) is 0.766. The summed E-state index contributed by atoms with van der Waals surface area (Å²) in [5.74, 6) is 0.428. The van der Waals surface area contributed by atoms with Gasteiger partial charge in [-0.15, -0.1) is 0 Å². The molecule has 0 spiro atoms. The van der Waals surface area contributed by atoms with Crippen molar-refractivity contribution < 1.29 is 8.42 Å². The van der Waals surface area contributed by atoms with Crippen molar-refractivity contribution in [1.29, 1.82) is 0 Å². The fourth-order valence-corrected chi connectivity index (χ4v) is 5.37. The molecule has 1 aromatic carbocycles. The summed E-state index contributed by atoms with van der Waals surface area (Å²) in [7, 11) is -3.46. The van der Waals surface area contributed by atoms with Crippen LogP contribution in [0, 0.1) is 5.92 Å². The van der Waals surface area contributed by atoms with Crippen molar-refractivity contribution in [1.82, 2.24) is 9.62 Å².